The monoisotopic (exact) mass is 246 g/mol. The SMILES string of the molecule is CC(NC1C2CC3CC(C2)CC1C3)c1ncn[nH]1. The zero-order valence-corrected chi connectivity index (χ0v) is 11.0. The summed E-state index contributed by atoms with van der Waals surface area (Å²) in [5, 5.41) is 10.8. The van der Waals surface area contributed by atoms with Gasteiger partial charge in [0.15, 0.2) is 0 Å². The quantitative estimate of drug-likeness (QED) is 0.860. The Balaban J connectivity index is 1.49. The van der Waals surface area contributed by atoms with Gasteiger partial charge in [0.1, 0.15) is 12.2 Å². The van der Waals surface area contributed by atoms with Gasteiger partial charge in [0.25, 0.3) is 0 Å². The van der Waals surface area contributed by atoms with Crippen LogP contribution in [-0.2, 0) is 0 Å². The first-order valence-electron chi connectivity index (χ1n) is 7.41. The first kappa shape index (κ1) is 11.0. The normalized spacial score (nSPS) is 43.3. The third-order valence-electron chi connectivity index (χ3n) is 5.51. The number of nitrogens with zero attached hydrogens (tertiary/aromatic N) is 2. The van der Waals surface area contributed by atoms with Crippen LogP contribution in [0.15, 0.2) is 6.33 Å². The lowest BCUT2D eigenvalue weighted by molar-refractivity contribution is -0.0174. The van der Waals surface area contributed by atoms with Crippen molar-refractivity contribution in [3.63, 3.8) is 0 Å². The molecule has 4 aliphatic carbocycles. The van der Waals surface area contributed by atoms with E-state index in [1.165, 1.54) is 32.1 Å². The molecule has 1 aromatic rings. The first-order chi connectivity index (χ1) is 8.79. The molecule has 18 heavy (non-hydrogen) atoms. The van der Waals surface area contributed by atoms with Gasteiger partial charge in [-0.3, -0.25) is 5.10 Å². The van der Waals surface area contributed by atoms with Gasteiger partial charge >= 0.3 is 0 Å². The van der Waals surface area contributed by atoms with E-state index in [1.54, 1.807) is 6.33 Å². The molecule has 0 spiro atoms. The maximum atomic E-state index is 4.27. The van der Waals surface area contributed by atoms with Gasteiger partial charge in [-0.25, -0.2) is 4.98 Å². The van der Waals surface area contributed by atoms with Crippen LogP contribution in [0.4, 0.5) is 0 Å². The fraction of sp³-hybridized carbons (Fsp3) is 0.857. The van der Waals surface area contributed by atoms with Gasteiger partial charge in [-0.1, -0.05) is 0 Å². The van der Waals surface area contributed by atoms with Gasteiger partial charge in [-0.05, 0) is 62.7 Å². The fourth-order valence-electron chi connectivity index (χ4n) is 4.99. The lowest BCUT2D eigenvalue weighted by atomic mass is 9.54. The summed E-state index contributed by atoms with van der Waals surface area (Å²) >= 11 is 0. The van der Waals surface area contributed by atoms with E-state index in [2.05, 4.69) is 27.4 Å². The van der Waals surface area contributed by atoms with Crippen molar-refractivity contribution in [3.8, 4) is 0 Å². The van der Waals surface area contributed by atoms with Crippen molar-refractivity contribution in [3.05, 3.63) is 12.2 Å². The summed E-state index contributed by atoms with van der Waals surface area (Å²) in [4.78, 5) is 4.27. The molecule has 4 nitrogen and oxygen atoms in total. The highest BCUT2D eigenvalue weighted by molar-refractivity contribution is 5.03. The lowest BCUT2D eigenvalue weighted by Gasteiger charge is -2.55. The minimum Gasteiger partial charge on any atom is -0.304 e. The summed E-state index contributed by atoms with van der Waals surface area (Å²) in [5.41, 5.74) is 0. The minimum absolute atomic E-state index is 0.301. The van der Waals surface area contributed by atoms with Crippen molar-refractivity contribution in [2.24, 2.45) is 23.7 Å². The van der Waals surface area contributed by atoms with Crippen molar-refractivity contribution >= 4 is 0 Å². The molecule has 5 rings (SSSR count). The van der Waals surface area contributed by atoms with E-state index < -0.39 is 0 Å². The Morgan fingerprint density at radius 3 is 2.39 bits per heavy atom. The third-order valence-corrected chi connectivity index (χ3v) is 5.51. The average molecular weight is 246 g/mol. The average Bonchev–Trinajstić information content (AvgIpc) is 2.86. The second-order valence-corrected chi connectivity index (χ2v) is 6.72. The van der Waals surface area contributed by atoms with Crippen LogP contribution in [-0.4, -0.2) is 21.2 Å². The molecule has 1 aromatic heterocycles. The van der Waals surface area contributed by atoms with Crippen LogP contribution in [0.2, 0.25) is 0 Å². The Bertz CT molecular complexity index is 385. The molecule has 0 aromatic carbocycles. The largest absolute Gasteiger partial charge is 0.304 e. The highest BCUT2D eigenvalue weighted by atomic mass is 15.2. The van der Waals surface area contributed by atoms with Crippen LogP contribution in [0.5, 0.6) is 0 Å². The van der Waals surface area contributed by atoms with Crippen LogP contribution in [0.1, 0.15) is 50.9 Å². The number of hydrogen-bond acceptors (Lipinski definition) is 3. The maximum Gasteiger partial charge on any atom is 0.141 e. The molecule has 4 bridgehead atoms. The molecule has 0 saturated heterocycles. The van der Waals surface area contributed by atoms with Gasteiger partial charge in [0, 0.05) is 6.04 Å². The van der Waals surface area contributed by atoms with Gasteiger partial charge in [-0.15, -0.1) is 0 Å². The molecule has 1 atom stereocenters. The Morgan fingerprint density at radius 1 is 1.17 bits per heavy atom. The third kappa shape index (κ3) is 1.69. The summed E-state index contributed by atoms with van der Waals surface area (Å²) in [6, 6.07) is 1.02. The molecule has 0 radical (unpaired) electrons. The van der Waals surface area contributed by atoms with Crippen molar-refractivity contribution in [2.45, 2.75) is 51.1 Å². The van der Waals surface area contributed by atoms with Crippen LogP contribution in [0.3, 0.4) is 0 Å². The number of rotatable bonds is 3. The molecule has 4 heteroatoms. The number of aromatic amines is 1. The van der Waals surface area contributed by atoms with E-state index in [-0.39, 0.29) is 0 Å². The molecule has 98 valence electrons. The van der Waals surface area contributed by atoms with Crippen LogP contribution in [0.25, 0.3) is 0 Å². The minimum atomic E-state index is 0.301. The van der Waals surface area contributed by atoms with Crippen LogP contribution in [0, 0.1) is 23.7 Å². The second kappa shape index (κ2) is 4.05. The molecule has 1 unspecified atom stereocenters. The molecule has 4 saturated carbocycles. The highest BCUT2D eigenvalue weighted by Gasteiger charge is 2.48. The molecule has 0 amide bonds. The summed E-state index contributed by atoms with van der Waals surface area (Å²) in [5.74, 6) is 4.92. The summed E-state index contributed by atoms with van der Waals surface area (Å²) in [6.07, 6.45) is 8.99. The summed E-state index contributed by atoms with van der Waals surface area (Å²) < 4.78 is 0. The Morgan fingerprint density at radius 2 is 1.83 bits per heavy atom. The van der Waals surface area contributed by atoms with E-state index in [0.717, 1.165) is 35.5 Å². The lowest BCUT2D eigenvalue weighted by Crippen LogP contribution is -2.54. The standard InChI is InChI=1S/C14H22N4/c1-8(14-15-7-16-18-14)17-13-11-3-9-2-10(5-11)6-12(13)4-9/h7-13,17H,2-6H2,1H3,(H,15,16,18). The predicted molar refractivity (Wildman–Crippen MR) is 68.8 cm³/mol. The molecule has 4 fully saturated rings. The zero-order chi connectivity index (χ0) is 12.1. The molecular formula is C14H22N4. The molecule has 4 aliphatic rings. The Hall–Kier alpha value is -0.900. The Kier molecular flexibility index (Phi) is 2.47. The van der Waals surface area contributed by atoms with E-state index in [1.807, 2.05) is 0 Å². The number of aromatic nitrogens is 3. The van der Waals surface area contributed by atoms with Gasteiger partial charge in [0.05, 0.1) is 6.04 Å². The van der Waals surface area contributed by atoms with Crippen molar-refractivity contribution in [1.29, 1.82) is 0 Å². The molecule has 1 heterocycles. The smallest absolute Gasteiger partial charge is 0.141 e. The van der Waals surface area contributed by atoms with Crippen molar-refractivity contribution in [1.82, 2.24) is 20.5 Å². The van der Waals surface area contributed by atoms with Gasteiger partial charge < -0.3 is 5.32 Å². The number of hydrogen-bond donors (Lipinski definition) is 2. The van der Waals surface area contributed by atoms with Crippen molar-refractivity contribution in [2.75, 3.05) is 0 Å². The van der Waals surface area contributed by atoms with E-state index in [0.29, 0.717) is 6.04 Å². The molecule has 2 N–H and O–H groups in total. The summed E-state index contributed by atoms with van der Waals surface area (Å²) in [6.45, 7) is 2.20. The number of nitrogens with one attached hydrogen (secondary N) is 2. The first-order valence-corrected chi connectivity index (χ1v) is 7.41. The highest BCUT2D eigenvalue weighted by Crippen LogP contribution is 2.53. The predicted octanol–water partition coefficient (Wildman–Crippen LogP) is 2.28. The van der Waals surface area contributed by atoms with Gasteiger partial charge in [-0.2, -0.15) is 5.10 Å². The topological polar surface area (TPSA) is 53.6 Å². The zero-order valence-electron chi connectivity index (χ0n) is 11.0. The number of H-pyrrole nitrogens is 1. The maximum absolute atomic E-state index is 4.27. The van der Waals surface area contributed by atoms with E-state index >= 15 is 0 Å². The summed E-state index contributed by atoms with van der Waals surface area (Å²) in [7, 11) is 0. The van der Waals surface area contributed by atoms with E-state index in [4.69, 9.17) is 0 Å². The molecular weight excluding hydrogens is 224 g/mol. The van der Waals surface area contributed by atoms with Crippen molar-refractivity contribution < 1.29 is 0 Å². The Labute approximate surface area is 108 Å². The van der Waals surface area contributed by atoms with Gasteiger partial charge in [0.2, 0.25) is 0 Å². The van der Waals surface area contributed by atoms with E-state index in [9.17, 15) is 0 Å². The van der Waals surface area contributed by atoms with Crippen LogP contribution < -0.4 is 5.32 Å². The van der Waals surface area contributed by atoms with Crippen LogP contribution >= 0.6 is 0 Å². The fourth-order valence-corrected chi connectivity index (χ4v) is 4.99. The second-order valence-electron chi connectivity index (χ2n) is 6.72. The molecule has 0 aliphatic heterocycles.